The smallest absolute Gasteiger partial charge is 0.0625 e. The summed E-state index contributed by atoms with van der Waals surface area (Å²) in [6.45, 7) is 14.2. The van der Waals surface area contributed by atoms with Crippen LogP contribution in [-0.2, 0) is 20.0 Å². The van der Waals surface area contributed by atoms with E-state index in [1.54, 1.807) is 0 Å². The maximum absolute atomic E-state index is 4.47. The molecule has 0 saturated heterocycles. The van der Waals surface area contributed by atoms with E-state index < -0.39 is 0 Å². The van der Waals surface area contributed by atoms with Crippen LogP contribution < -0.4 is 5.32 Å². The Kier molecular flexibility index (Phi) is 6.52. The monoisotopic (exact) mass is 266 g/mol. The molecule has 0 radical (unpaired) electrons. The summed E-state index contributed by atoms with van der Waals surface area (Å²) >= 11 is 0. The molecular formula is C15H30N4. The molecule has 1 heterocycles. The highest BCUT2D eigenvalue weighted by Gasteiger charge is 2.12. The lowest BCUT2D eigenvalue weighted by Crippen LogP contribution is -2.41. The average molecular weight is 266 g/mol. The molecule has 0 saturated carbocycles. The second kappa shape index (κ2) is 7.65. The molecule has 0 fully saturated rings. The molecule has 1 aromatic rings. The SMILES string of the molecule is CCc1cc(CNCCN(C(C)C)C(C)C)n(C)n1. The van der Waals surface area contributed by atoms with Gasteiger partial charge in [0.2, 0.25) is 0 Å². The zero-order valence-electron chi connectivity index (χ0n) is 13.4. The van der Waals surface area contributed by atoms with Gasteiger partial charge in [-0.15, -0.1) is 0 Å². The Balaban J connectivity index is 2.35. The topological polar surface area (TPSA) is 33.1 Å². The fraction of sp³-hybridized carbons (Fsp3) is 0.800. The van der Waals surface area contributed by atoms with E-state index in [4.69, 9.17) is 0 Å². The van der Waals surface area contributed by atoms with Crippen molar-refractivity contribution in [2.24, 2.45) is 7.05 Å². The van der Waals surface area contributed by atoms with Gasteiger partial charge in [-0.25, -0.2) is 0 Å². The highest BCUT2D eigenvalue weighted by molar-refractivity contribution is 5.09. The van der Waals surface area contributed by atoms with Crippen LogP contribution in [0.15, 0.2) is 6.07 Å². The van der Waals surface area contributed by atoms with Crippen molar-refractivity contribution in [1.29, 1.82) is 0 Å². The fourth-order valence-corrected chi connectivity index (χ4v) is 2.45. The van der Waals surface area contributed by atoms with Crippen molar-refractivity contribution in [3.8, 4) is 0 Å². The number of nitrogens with one attached hydrogen (secondary N) is 1. The summed E-state index contributed by atoms with van der Waals surface area (Å²) in [7, 11) is 2.02. The molecule has 1 rings (SSSR count). The second-order valence-electron chi connectivity index (χ2n) is 5.71. The lowest BCUT2D eigenvalue weighted by Gasteiger charge is -2.30. The summed E-state index contributed by atoms with van der Waals surface area (Å²) in [5.41, 5.74) is 2.43. The van der Waals surface area contributed by atoms with Gasteiger partial charge in [-0.3, -0.25) is 9.58 Å². The van der Waals surface area contributed by atoms with Crippen LogP contribution in [-0.4, -0.2) is 39.9 Å². The molecule has 0 atom stereocenters. The van der Waals surface area contributed by atoms with E-state index in [-0.39, 0.29) is 0 Å². The first-order valence-electron chi connectivity index (χ1n) is 7.44. The van der Waals surface area contributed by atoms with Gasteiger partial charge in [0.25, 0.3) is 0 Å². The van der Waals surface area contributed by atoms with Crippen LogP contribution in [0.2, 0.25) is 0 Å². The highest BCUT2D eigenvalue weighted by atomic mass is 15.3. The lowest BCUT2D eigenvalue weighted by atomic mass is 10.2. The molecular weight excluding hydrogens is 236 g/mol. The van der Waals surface area contributed by atoms with E-state index >= 15 is 0 Å². The minimum absolute atomic E-state index is 0.602. The third-order valence-corrected chi connectivity index (χ3v) is 3.57. The van der Waals surface area contributed by atoms with E-state index in [1.807, 2.05) is 11.7 Å². The number of aryl methyl sites for hydroxylation is 2. The Morgan fingerprint density at radius 1 is 1.26 bits per heavy atom. The van der Waals surface area contributed by atoms with Crippen molar-refractivity contribution in [3.05, 3.63) is 17.5 Å². The van der Waals surface area contributed by atoms with Crippen LogP contribution in [0.5, 0.6) is 0 Å². The van der Waals surface area contributed by atoms with Crippen LogP contribution in [0.25, 0.3) is 0 Å². The average Bonchev–Trinajstić information content (AvgIpc) is 2.69. The first-order chi connectivity index (χ1) is 8.95. The molecule has 1 N–H and O–H groups in total. The van der Waals surface area contributed by atoms with Gasteiger partial charge in [0.15, 0.2) is 0 Å². The van der Waals surface area contributed by atoms with E-state index in [1.165, 1.54) is 11.4 Å². The van der Waals surface area contributed by atoms with E-state index in [9.17, 15) is 0 Å². The Bertz CT molecular complexity index is 360. The van der Waals surface area contributed by atoms with Gasteiger partial charge < -0.3 is 5.32 Å². The van der Waals surface area contributed by atoms with Crippen LogP contribution in [0.4, 0.5) is 0 Å². The summed E-state index contributed by atoms with van der Waals surface area (Å²) in [6, 6.07) is 3.39. The number of hydrogen-bond acceptors (Lipinski definition) is 3. The second-order valence-corrected chi connectivity index (χ2v) is 5.71. The highest BCUT2D eigenvalue weighted by Crippen LogP contribution is 2.05. The molecule has 0 unspecified atom stereocenters. The van der Waals surface area contributed by atoms with Gasteiger partial charge in [-0.1, -0.05) is 6.92 Å². The molecule has 4 nitrogen and oxygen atoms in total. The Morgan fingerprint density at radius 2 is 1.89 bits per heavy atom. The molecule has 0 bridgehead atoms. The minimum Gasteiger partial charge on any atom is -0.310 e. The van der Waals surface area contributed by atoms with Crippen LogP contribution in [0, 0.1) is 0 Å². The van der Waals surface area contributed by atoms with E-state index in [0.717, 1.165) is 26.1 Å². The predicted molar refractivity (Wildman–Crippen MR) is 81.3 cm³/mol. The zero-order chi connectivity index (χ0) is 14.4. The molecule has 0 spiro atoms. The summed E-state index contributed by atoms with van der Waals surface area (Å²) in [5.74, 6) is 0. The molecule has 0 aliphatic rings. The normalized spacial score (nSPS) is 12.1. The first-order valence-corrected chi connectivity index (χ1v) is 7.44. The molecule has 0 amide bonds. The third-order valence-electron chi connectivity index (χ3n) is 3.57. The fourth-order valence-electron chi connectivity index (χ4n) is 2.45. The van der Waals surface area contributed by atoms with Crippen LogP contribution in [0.3, 0.4) is 0 Å². The zero-order valence-corrected chi connectivity index (χ0v) is 13.4. The Labute approximate surface area is 118 Å². The van der Waals surface area contributed by atoms with Gasteiger partial charge in [0.1, 0.15) is 0 Å². The predicted octanol–water partition coefficient (Wildman–Crippen LogP) is 2.19. The molecule has 0 aliphatic heterocycles. The van der Waals surface area contributed by atoms with Gasteiger partial charge in [0, 0.05) is 38.8 Å². The summed E-state index contributed by atoms with van der Waals surface area (Å²) in [5, 5.41) is 7.98. The van der Waals surface area contributed by atoms with Crippen LogP contribution >= 0.6 is 0 Å². The van der Waals surface area contributed by atoms with Crippen molar-refractivity contribution in [3.63, 3.8) is 0 Å². The summed E-state index contributed by atoms with van der Waals surface area (Å²) in [4.78, 5) is 2.51. The summed E-state index contributed by atoms with van der Waals surface area (Å²) < 4.78 is 1.98. The van der Waals surface area contributed by atoms with Crippen molar-refractivity contribution in [2.75, 3.05) is 13.1 Å². The number of hydrogen-bond donors (Lipinski definition) is 1. The Hall–Kier alpha value is -0.870. The molecule has 4 heteroatoms. The molecule has 1 aromatic heterocycles. The lowest BCUT2D eigenvalue weighted by molar-refractivity contribution is 0.175. The molecule has 0 aromatic carbocycles. The third kappa shape index (κ3) is 4.96. The minimum atomic E-state index is 0.602. The van der Waals surface area contributed by atoms with Gasteiger partial charge in [-0.2, -0.15) is 5.10 Å². The van der Waals surface area contributed by atoms with Crippen molar-refractivity contribution < 1.29 is 0 Å². The summed E-state index contributed by atoms with van der Waals surface area (Å²) in [6.07, 6.45) is 1.00. The first kappa shape index (κ1) is 16.2. The molecule has 19 heavy (non-hydrogen) atoms. The van der Waals surface area contributed by atoms with Crippen molar-refractivity contribution >= 4 is 0 Å². The van der Waals surface area contributed by atoms with Gasteiger partial charge in [-0.05, 0) is 40.2 Å². The molecule has 110 valence electrons. The maximum atomic E-state index is 4.47. The van der Waals surface area contributed by atoms with Crippen molar-refractivity contribution in [1.82, 2.24) is 20.0 Å². The number of nitrogens with zero attached hydrogens (tertiary/aromatic N) is 3. The van der Waals surface area contributed by atoms with Gasteiger partial charge in [0.05, 0.1) is 11.4 Å². The molecule has 0 aliphatic carbocycles. The van der Waals surface area contributed by atoms with Crippen molar-refractivity contribution in [2.45, 2.75) is 59.7 Å². The maximum Gasteiger partial charge on any atom is 0.0625 e. The van der Waals surface area contributed by atoms with E-state index in [0.29, 0.717) is 12.1 Å². The standard InChI is InChI=1S/C15H30N4/c1-7-14-10-15(18(6)17-14)11-16-8-9-19(12(2)3)13(4)5/h10,12-13,16H,7-9,11H2,1-6H3. The quantitative estimate of drug-likeness (QED) is 0.732. The van der Waals surface area contributed by atoms with Crippen LogP contribution in [0.1, 0.15) is 46.0 Å². The van der Waals surface area contributed by atoms with Gasteiger partial charge >= 0.3 is 0 Å². The largest absolute Gasteiger partial charge is 0.310 e. The van der Waals surface area contributed by atoms with E-state index in [2.05, 4.69) is 56.0 Å². The number of rotatable bonds is 8. The number of aromatic nitrogens is 2. The Morgan fingerprint density at radius 3 is 2.37 bits per heavy atom.